The summed E-state index contributed by atoms with van der Waals surface area (Å²) in [6.07, 6.45) is 0. The van der Waals surface area contributed by atoms with Gasteiger partial charge in [-0.15, -0.1) is 0 Å². The second-order valence-electron chi connectivity index (χ2n) is 2.89. The summed E-state index contributed by atoms with van der Waals surface area (Å²) in [7, 11) is 0. The highest BCUT2D eigenvalue weighted by atomic mass is 35.5. The number of halogens is 1. The molecule has 1 atom stereocenters. The molecule has 0 fully saturated rings. The minimum Gasteiger partial charge on any atom is -0.383 e. The van der Waals surface area contributed by atoms with Crippen LogP contribution < -0.4 is 16.8 Å². The van der Waals surface area contributed by atoms with Crippen LogP contribution in [-0.2, 0) is 0 Å². The summed E-state index contributed by atoms with van der Waals surface area (Å²) in [5.74, 6) is 0. The average Bonchev–Trinajstić information content (AvgIpc) is 2.14. The maximum atomic E-state index is 5.80. The normalized spacial score (nSPS) is 12.5. The number of rotatable bonds is 4. The molecule has 1 aromatic rings. The van der Waals surface area contributed by atoms with E-state index < -0.39 is 0 Å². The monoisotopic (exact) mass is 199 g/mol. The molecule has 5 N–H and O–H groups in total. The molecule has 1 rings (SSSR count). The van der Waals surface area contributed by atoms with Crippen molar-refractivity contribution in [1.82, 2.24) is 0 Å². The number of benzene rings is 1. The molecule has 4 heteroatoms. The summed E-state index contributed by atoms with van der Waals surface area (Å²) in [4.78, 5) is 0. The molecule has 0 saturated heterocycles. The van der Waals surface area contributed by atoms with Gasteiger partial charge in [-0.3, -0.25) is 0 Å². The predicted molar refractivity (Wildman–Crippen MR) is 57.0 cm³/mol. The Balaban J connectivity index is 2.45. The van der Waals surface area contributed by atoms with Crippen LogP contribution in [0, 0.1) is 0 Å². The molecule has 0 radical (unpaired) electrons. The molecular formula is C9H14ClN3. The number of hydrogen-bond donors (Lipinski definition) is 3. The molecule has 13 heavy (non-hydrogen) atoms. The molecule has 0 aliphatic carbocycles. The Bertz CT molecular complexity index is 265. The van der Waals surface area contributed by atoms with E-state index in [-0.39, 0.29) is 6.04 Å². The van der Waals surface area contributed by atoms with Crippen molar-refractivity contribution in [2.24, 2.45) is 11.5 Å². The van der Waals surface area contributed by atoms with E-state index in [0.717, 1.165) is 5.69 Å². The summed E-state index contributed by atoms with van der Waals surface area (Å²) in [6.45, 7) is 1.14. The van der Waals surface area contributed by atoms with Crippen LogP contribution in [0.4, 0.5) is 5.69 Å². The van der Waals surface area contributed by atoms with E-state index in [9.17, 15) is 0 Å². The van der Waals surface area contributed by atoms with E-state index in [0.29, 0.717) is 18.1 Å². The smallest absolute Gasteiger partial charge is 0.0426 e. The first-order valence-electron chi connectivity index (χ1n) is 4.17. The maximum Gasteiger partial charge on any atom is 0.0426 e. The molecule has 1 aromatic carbocycles. The Kier molecular flexibility index (Phi) is 4.02. The zero-order valence-electron chi connectivity index (χ0n) is 7.33. The minimum atomic E-state index is -0.0148. The van der Waals surface area contributed by atoms with Crippen molar-refractivity contribution in [2.45, 2.75) is 6.04 Å². The van der Waals surface area contributed by atoms with Crippen molar-refractivity contribution >= 4 is 17.3 Å². The van der Waals surface area contributed by atoms with Crippen molar-refractivity contribution in [3.63, 3.8) is 0 Å². The number of nitrogens with one attached hydrogen (secondary N) is 1. The van der Waals surface area contributed by atoms with Gasteiger partial charge in [0.1, 0.15) is 0 Å². The third-order valence-electron chi connectivity index (χ3n) is 1.70. The van der Waals surface area contributed by atoms with Gasteiger partial charge in [-0.05, 0) is 18.2 Å². The van der Waals surface area contributed by atoms with Gasteiger partial charge in [0.05, 0.1) is 0 Å². The van der Waals surface area contributed by atoms with E-state index in [1.54, 1.807) is 0 Å². The van der Waals surface area contributed by atoms with Gasteiger partial charge >= 0.3 is 0 Å². The molecule has 72 valence electrons. The second-order valence-corrected chi connectivity index (χ2v) is 3.32. The SMILES string of the molecule is NCC(N)CNc1cccc(Cl)c1. The Morgan fingerprint density at radius 2 is 2.23 bits per heavy atom. The molecular weight excluding hydrogens is 186 g/mol. The largest absolute Gasteiger partial charge is 0.383 e. The fraction of sp³-hybridized carbons (Fsp3) is 0.333. The molecule has 0 bridgehead atoms. The first-order valence-corrected chi connectivity index (χ1v) is 4.55. The highest BCUT2D eigenvalue weighted by Gasteiger charge is 1.98. The fourth-order valence-electron chi connectivity index (χ4n) is 0.931. The van der Waals surface area contributed by atoms with Gasteiger partial charge in [-0.25, -0.2) is 0 Å². The van der Waals surface area contributed by atoms with Crippen molar-refractivity contribution in [1.29, 1.82) is 0 Å². The van der Waals surface area contributed by atoms with Crippen LogP contribution in [0.3, 0.4) is 0 Å². The molecule has 0 aliphatic rings. The topological polar surface area (TPSA) is 64.1 Å². The van der Waals surface area contributed by atoms with E-state index in [1.165, 1.54) is 0 Å². The second kappa shape index (κ2) is 5.07. The predicted octanol–water partition coefficient (Wildman–Crippen LogP) is 1.04. The Morgan fingerprint density at radius 1 is 1.46 bits per heavy atom. The summed E-state index contributed by atoms with van der Waals surface area (Å²) in [5, 5.41) is 3.86. The van der Waals surface area contributed by atoms with Crippen LogP contribution in [0.15, 0.2) is 24.3 Å². The zero-order chi connectivity index (χ0) is 9.68. The van der Waals surface area contributed by atoms with Crippen LogP contribution in [0.1, 0.15) is 0 Å². The third-order valence-corrected chi connectivity index (χ3v) is 1.93. The van der Waals surface area contributed by atoms with Crippen molar-refractivity contribution in [2.75, 3.05) is 18.4 Å². The minimum absolute atomic E-state index is 0.0148. The Hall–Kier alpha value is -0.770. The molecule has 0 aromatic heterocycles. The van der Waals surface area contributed by atoms with Gasteiger partial charge < -0.3 is 16.8 Å². The molecule has 1 unspecified atom stereocenters. The first kappa shape index (κ1) is 10.3. The van der Waals surface area contributed by atoms with E-state index in [4.69, 9.17) is 23.1 Å². The summed E-state index contributed by atoms with van der Waals surface area (Å²) < 4.78 is 0. The maximum absolute atomic E-state index is 5.80. The average molecular weight is 200 g/mol. The number of nitrogens with two attached hydrogens (primary N) is 2. The fourth-order valence-corrected chi connectivity index (χ4v) is 1.12. The zero-order valence-corrected chi connectivity index (χ0v) is 8.09. The van der Waals surface area contributed by atoms with Gasteiger partial charge in [0, 0.05) is 29.8 Å². The van der Waals surface area contributed by atoms with E-state index >= 15 is 0 Å². The standard InChI is InChI=1S/C9H14ClN3/c10-7-2-1-3-9(4-7)13-6-8(12)5-11/h1-4,8,13H,5-6,11-12H2. The Labute approximate surface area is 83.1 Å². The first-order chi connectivity index (χ1) is 6.22. The molecule has 3 nitrogen and oxygen atoms in total. The van der Waals surface area contributed by atoms with Crippen LogP contribution >= 0.6 is 11.6 Å². The summed E-state index contributed by atoms with van der Waals surface area (Å²) >= 11 is 5.80. The molecule has 0 heterocycles. The lowest BCUT2D eigenvalue weighted by atomic mass is 10.3. The number of hydrogen-bond acceptors (Lipinski definition) is 3. The van der Waals surface area contributed by atoms with Gasteiger partial charge in [0.25, 0.3) is 0 Å². The van der Waals surface area contributed by atoms with E-state index in [1.807, 2.05) is 24.3 Å². The van der Waals surface area contributed by atoms with Crippen LogP contribution in [0.5, 0.6) is 0 Å². The van der Waals surface area contributed by atoms with Crippen LogP contribution in [0.25, 0.3) is 0 Å². The molecule has 0 saturated carbocycles. The third kappa shape index (κ3) is 3.63. The molecule has 0 amide bonds. The van der Waals surface area contributed by atoms with Gasteiger partial charge in [-0.1, -0.05) is 17.7 Å². The Morgan fingerprint density at radius 3 is 2.85 bits per heavy atom. The number of anilines is 1. The molecule has 0 aliphatic heterocycles. The van der Waals surface area contributed by atoms with Crippen LogP contribution in [-0.4, -0.2) is 19.1 Å². The lowest BCUT2D eigenvalue weighted by molar-refractivity contribution is 0.713. The van der Waals surface area contributed by atoms with Crippen LogP contribution in [0.2, 0.25) is 5.02 Å². The lowest BCUT2D eigenvalue weighted by Crippen LogP contribution is -2.36. The van der Waals surface area contributed by atoms with Gasteiger partial charge in [0.2, 0.25) is 0 Å². The molecule has 0 spiro atoms. The lowest BCUT2D eigenvalue weighted by Gasteiger charge is -2.11. The quantitative estimate of drug-likeness (QED) is 0.679. The van der Waals surface area contributed by atoms with Crippen molar-refractivity contribution < 1.29 is 0 Å². The highest BCUT2D eigenvalue weighted by molar-refractivity contribution is 6.30. The van der Waals surface area contributed by atoms with Crippen molar-refractivity contribution in [3.05, 3.63) is 29.3 Å². The van der Waals surface area contributed by atoms with Gasteiger partial charge in [-0.2, -0.15) is 0 Å². The summed E-state index contributed by atoms with van der Waals surface area (Å²) in [5.41, 5.74) is 12.0. The highest BCUT2D eigenvalue weighted by Crippen LogP contribution is 2.14. The summed E-state index contributed by atoms with van der Waals surface area (Å²) in [6, 6.07) is 7.49. The van der Waals surface area contributed by atoms with E-state index in [2.05, 4.69) is 5.32 Å². The van der Waals surface area contributed by atoms with Crippen molar-refractivity contribution in [3.8, 4) is 0 Å². The van der Waals surface area contributed by atoms with Gasteiger partial charge in [0.15, 0.2) is 0 Å².